The Balaban J connectivity index is 1.43. The van der Waals surface area contributed by atoms with Gasteiger partial charge in [0.1, 0.15) is 5.75 Å². The normalized spacial score (nSPS) is 19.8. The number of carbonyl (C=O) groups is 2. The van der Waals surface area contributed by atoms with E-state index in [0.29, 0.717) is 51.4 Å². The number of halogens is 1. The third-order valence-corrected chi connectivity index (χ3v) is 6.76. The van der Waals surface area contributed by atoms with Crippen molar-refractivity contribution in [1.82, 2.24) is 5.32 Å². The highest BCUT2D eigenvalue weighted by atomic mass is 35.5. The van der Waals surface area contributed by atoms with E-state index in [9.17, 15) is 9.59 Å². The Morgan fingerprint density at radius 2 is 1.81 bits per heavy atom. The molecule has 3 amide bonds. The molecule has 5 rings (SSSR count). The van der Waals surface area contributed by atoms with Gasteiger partial charge in [-0.2, -0.15) is 0 Å². The molecule has 0 aromatic heterocycles. The first-order chi connectivity index (χ1) is 17.8. The Hall–Kier alpha value is -4.11. The van der Waals surface area contributed by atoms with Crippen molar-refractivity contribution in [3.05, 3.63) is 70.7 Å². The maximum atomic E-state index is 13.2. The first-order valence-corrected chi connectivity index (χ1v) is 11.9. The second-order valence-corrected chi connectivity index (χ2v) is 9.36. The van der Waals surface area contributed by atoms with Crippen molar-refractivity contribution in [2.24, 2.45) is 0 Å². The van der Waals surface area contributed by atoms with E-state index < -0.39 is 5.72 Å². The summed E-state index contributed by atoms with van der Waals surface area (Å²) >= 11 is 6.17. The molecule has 0 spiro atoms. The second-order valence-electron chi connectivity index (χ2n) is 8.92. The number of amides is 3. The SMILES string of the molecule is COc1cc(NC(=O)c2cccc(N3C(=O)N[C@H]4C[C@@]3(C)Oc3ccc(Cl)cc34)c2)cc(OC)c1OC. The highest BCUT2D eigenvalue weighted by Gasteiger charge is 2.50. The molecule has 2 aliphatic heterocycles. The van der Waals surface area contributed by atoms with Crippen molar-refractivity contribution in [1.29, 1.82) is 0 Å². The molecule has 0 saturated carbocycles. The second kappa shape index (κ2) is 9.40. The summed E-state index contributed by atoms with van der Waals surface area (Å²) in [6.45, 7) is 1.86. The lowest BCUT2D eigenvalue weighted by Gasteiger charge is -2.50. The molecule has 0 aliphatic carbocycles. The van der Waals surface area contributed by atoms with Crippen molar-refractivity contribution in [3.8, 4) is 23.0 Å². The predicted octanol–water partition coefficient (Wildman–Crippen LogP) is 5.39. The van der Waals surface area contributed by atoms with Gasteiger partial charge in [-0.1, -0.05) is 17.7 Å². The average molecular weight is 524 g/mol. The van der Waals surface area contributed by atoms with Gasteiger partial charge in [-0.05, 0) is 43.3 Å². The summed E-state index contributed by atoms with van der Waals surface area (Å²) in [7, 11) is 4.51. The summed E-state index contributed by atoms with van der Waals surface area (Å²) < 4.78 is 22.4. The first kappa shape index (κ1) is 24.6. The molecule has 0 radical (unpaired) electrons. The van der Waals surface area contributed by atoms with Crippen LogP contribution < -0.4 is 34.5 Å². The van der Waals surface area contributed by atoms with Gasteiger partial charge in [-0.25, -0.2) is 4.79 Å². The van der Waals surface area contributed by atoms with Gasteiger partial charge in [0.05, 0.1) is 33.1 Å². The number of anilines is 2. The minimum atomic E-state index is -0.959. The van der Waals surface area contributed by atoms with Crippen LogP contribution in [-0.2, 0) is 0 Å². The van der Waals surface area contributed by atoms with Crippen LogP contribution >= 0.6 is 11.6 Å². The van der Waals surface area contributed by atoms with E-state index in [0.717, 1.165) is 5.56 Å². The maximum absolute atomic E-state index is 13.2. The maximum Gasteiger partial charge on any atom is 0.325 e. The number of hydrogen-bond donors (Lipinski definition) is 2. The van der Waals surface area contributed by atoms with Crippen molar-refractivity contribution in [2.75, 3.05) is 31.5 Å². The zero-order valence-corrected chi connectivity index (χ0v) is 21.5. The highest BCUT2D eigenvalue weighted by molar-refractivity contribution is 6.30. The van der Waals surface area contributed by atoms with Crippen LogP contribution in [0.3, 0.4) is 0 Å². The van der Waals surface area contributed by atoms with E-state index in [1.54, 1.807) is 48.5 Å². The largest absolute Gasteiger partial charge is 0.493 e. The van der Waals surface area contributed by atoms with Crippen molar-refractivity contribution < 1.29 is 28.5 Å². The number of nitrogens with one attached hydrogen (secondary N) is 2. The van der Waals surface area contributed by atoms with Gasteiger partial charge in [0.25, 0.3) is 5.91 Å². The number of benzene rings is 3. The van der Waals surface area contributed by atoms with Gasteiger partial charge in [0.15, 0.2) is 17.2 Å². The summed E-state index contributed by atoms with van der Waals surface area (Å²) in [4.78, 5) is 28.0. The number of nitrogens with zero attached hydrogens (tertiary/aromatic N) is 1. The number of hydrogen-bond acceptors (Lipinski definition) is 6. The molecule has 1 saturated heterocycles. The van der Waals surface area contributed by atoms with Gasteiger partial charge >= 0.3 is 6.03 Å². The predicted molar refractivity (Wildman–Crippen MR) is 139 cm³/mol. The van der Waals surface area contributed by atoms with Crippen LogP contribution in [-0.4, -0.2) is 39.0 Å². The van der Waals surface area contributed by atoms with E-state index in [-0.39, 0.29) is 18.0 Å². The lowest BCUT2D eigenvalue weighted by atomic mass is 9.90. The smallest absolute Gasteiger partial charge is 0.325 e. The van der Waals surface area contributed by atoms with E-state index in [4.69, 9.17) is 30.5 Å². The van der Waals surface area contributed by atoms with E-state index in [1.807, 2.05) is 13.0 Å². The fourth-order valence-electron chi connectivity index (χ4n) is 4.88. The van der Waals surface area contributed by atoms with Gasteiger partial charge in [0.2, 0.25) is 5.75 Å². The van der Waals surface area contributed by atoms with Crippen LogP contribution in [0.2, 0.25) is 5.02 Å². The Morgan fingerprint density at radius 3 is 2.49 bits per heavy atom. The van der Waals surface area contributed by atoms with E-state index in [1.165, 1.54) is 26.2 Å². The quantitative estimate of drug-likeness (QED) is 0.449. The highest BCUT2D eigenvalue weighted by Crippen LogP contribution is 2.46. The van der Waals surface area contributed by atoms with Crippen LogP contribution in [0.15, 0.2) is 54.6 Å². The number of urea groups is 1. The molecule has 2 aliphatic rings. The fourth-order valence-corrected chi connectivity index (χ4v) is 5.06. The molecule has 37 heavy (non-hydrogen) atoms. The molecule has 2 atom stereocenters. The van der Waals surface area contributed by atoms with Crippen LogP contribution in [0, 0.1) is 0 Å². The minimum absolute atomic E-state index is 0.234. The molecule has 3 aromatic carbocycles. The molecule has 2 heterocycles. The molecular formula is C27H26ClN3O6. The van der Waals surface area contributed by atoms with Crippen molar-refractivity contribution in [3.63, 3.8) is 0 Å². The molecule has 10 heteroatoms. The molecule has 3 aromatic rings. The number of methoxy groups -OCH3 is 3. The third kappa shape index (κ3) is 4.35. The molecule has 2 bridgehead atoms. The minimum Gasteiger partial charge on any atom is -0.493 e. The van der Waals surface area contributed by atoms with Crippen LogP contribution in [0.1, 0.15) is 35.3 Å². The van der Waals surface area contributed by atoms with Crippen LogP contribution in [0.25, 0.3) is 0 Å². The Morgan fingerprint density at radius 1 is 1.08 bits per heavy atom. The summed E-state index contributed by atoms with van der Waals surface area (Å²) in [6, 6.07) is 14.9. The van der Waals surface area contributed by atoms with E-state index in [2.05, 4.69) is 10.6 Å². The summed E-state index contributed by atoms with van der Waals surface area (Å²) in [5.74, 6) is 1.53. The van der Waals surface area contributed by atoms with Gasteiger partial charge in [-0.15, -0.1) is 0 Å². The molecular weight excluding hydrogens is 498 g/mol. The Bertz CT molecular complexity index is 1370. The Kier molecular flexibility index (Phi) is 6.25. The zero-order valence-electron chi connectivity index (χ0n) is 20.8. The fraction of sp³-hybridized carbons (Fsp3) is 0.259. The topological polar surface area (TPSA) is 98.4 Å². The number of rotatable bonds is 6. The van der Waals surface area contributed by atoms with Gasteiger partial charge < -0.3 is 29.6 Å². The van der Waals surface area contributed by atoms with Crippen LogP contribution in [0.5, 0.6) is 23.0 Å². The average Bonchev–Trinajstić information content (AvgIpc) is 2.88. The molecule has 192 valence electrons. The monoisotopic (exact) mass is 523 g/mol. The lowest BCUT2D eigenvalue weighted by Crippen LogP contribution is -2.65. The lowest BCUT2D eigenvalue weighted by molar-refractivity contribution is 0.0378. The Labute approximate surface area is 219 Å². The van der Waals surface area contributed by atoms with Gasteiger partial charge in [0, 0.05) is 40.4 Å². The standard InChI is InChI=1S/C27H26ClN3O6/c1-27-14-20(19-11-16(28)8-9-21(19)37-27)30-26(33)31(27)18-7-5-6-15(10-18)25(32)29-17-12-22(34-2)24(36-4)23(13-17)35-3/h5-13,20H,14H2,1-4H3,(H,29,32)(H,30,33)/t20-,27+/m0/s1. The van der Waals surface area contributed by atoms with Crippen molar-refractivity contribution >= 4 is 34.9 Å². The van der Waals surface area contributed by atoms with Crippen LogP contribution in [0.4, 0.5) is 16.2 Å². The number of ether oxygens (including phenoxy) is 4. The molecule has 9 nitrogen and oxygen atoms in total. The summed E-state index contributed by atoms with van der Waals surface area (Å²) in [5.41, 5.74) is 1.22. The van der Waals surface area contributed by atoms with E-state index >= 15 is 0 Å². The number of fused-ring (bicyclic) bond motifs is 4. The summed E-state index contributed by atoms with van der Waals surface area (Å²) in [5, 5.41) is 6.47. The number of carbonyl (C=O) groups excluding carboxylic acids is 2. The van der Waals surface area contributed by atoms with Crippen molar-refractivity contribution in [2.45, 2.75) is 25.1 Å². The summed E-state index contributed by atoms with van der Waals surface area (Å²) in [6.07, 6.45) is 0.508. The molecule has 2 N–H and O–H groups in total. The zero-order chi connectivity index (χ0) is 26.3. The van der Waals surface area contributed by atoms with Gasteiger partial charge in [-0.3, -0.25) is 9.69 Å². The molecule has 0 unspecified atom stereocenters. The third-order valence-electron chi connectivity index (χ3n) is 6.52. The molecule has 1 fully saturated rings. The first-order valence-electron chi connectivity index (χ1n) is 11.6.